The summed E-state index contributed by atoms with van der Waals surface area (Å²) in [5, 5.41) is 0.599. The summed E-state index contributed by atoms with van der Waals surface area (Å²) in [6.07, 6.45) is 0.192. The van der Waals surface area contributed by atoms with E-state index in [-0.39, 0.29) is 17.8 Å². The number of esters is 1. The molecule has 0 radical (unpaired) electrons. The van der Waals surface area contributed by atoms with Crippen molar-refractivity contribution in [1.82, 2.24) is 4.98 Å². The lowest BCUT2D eigenvalue weighted by molar-refractivity contribution is -0.142. The number of ether oxygens (including phenoxy) is 1. The SMILES string of the molecule is CCOC(=O)Cc1ccc2[nH]c(C)cc(=O)c2c1. The van der Waals surface area contributed by atoms with Crippen LogP contribution in [-0.2, 0) is 16.0 Å². The molecule has 0 aliphatic carbocycles. The molecule has 1 aromatic heterocycles. The van der Waals surface area contributed by atoms with Crippen LogP contribution in [0, 0.1) is 6.92 Å². The quantitative estimate of drug-likeness (QED) is 0.841. The number of aromatic nitrogens is 1. The Labute approximate surface area is 105 Å². The molecule has 94 valence electrons. The van der Waals surface area contributed by atoms with Crippen LogP contribution in [0.4, 0.5) is 0 Å². The van der Waals surface area contributed by atoms with Gasteiger partial charge in [-0.05, 0) is 31.5 Å². The lowest BCUT2D eigenvalue weighted by Gasteiger charge is -2.04. The number of hydrogen-bond donors (Lipinski definition) is 1. The summed E-state index contributed by atoms with van der Waals surface area (Å²) in [6.45, 7) is 3.98. The zero-order valence-electron chi connectivity index (χ0n) is 10.4. The molecule has 0 aliphatic rings. The average molecular weight is 245 g/mol. The van der Waals surface area contributed by atoms with Crippen LogP contribution in [0.1, 0.15) is 18.2 Å². The van der Waals surface area contributed by atoms with Crippen molar-refractivity contribution in [2.24, 2.45) is 0 Å². The normalized spacial score (nSPS) is 10.6. The molecule has 0 spiro atoms. The number of nitrogens with one attached hydrogen (secondary N) is 1. The lowest BCUT2D eigenvalue weighted by atomic mass is 10.1. The second-order valence-corrected chi connectivity index (χ2v) is 4.18. The Morgan fingerprint density at radius 2 is 2.11 bits per heavy atom. The van der Waals surface area contributed by atoms with Gasteiger partial charge in [-0.3, -0.25) is 9.59 Å². The highest BCUT2D eigenvalue weighted by Gasteiger charge is 2.06. The van der Waals surface area contributed by atoms with E-state index in [0.717, 1.165) is 16.8 Å². The minimum absolute atomic E-state index is 0.0352. The predicted molar refractivity (Wildman–Crippen MR) is 69.6 cm³/mol. The van der Waals surface area contributed by atoms with Crippen LogP contribution in [0.2, 0.25) is 0 Å². The molecule has 0 saturated heterocycles. The van der Waals surface area contributed by atoms with E-state index in [9.17, 15) is 9.59 Å². The van der Waals surface area contributed by atoms with E-state index in [4.69, 9.17) is 4.74 Å². The molecular weight excluding hydrogens is 230 g/mol. The summed E-state index contributed by atoms with van der Waals surface area (Å²) in [7, 11) is 0. The van der Waals surface area contributed by atoms with Crippen molar-refractivity contribution < 1.29 is 9.53 Å². The molecule has 4 nitrogen and oxygen atoms in total. The number of aryl methyl sites for hydroxylation is 1. The molecule has 4 heteroatoms. The summed E-state index contributed by atoms with van der Waals surface area (Å²) < 4.78 is 4.88. The van der Waals surface area contributed by atoms with E-state index in [0.29, 0.717) is 12.0 Å². The van der Waals surface area contributed by atoms with E-state index in [1.165, 1.54) is 0 Å². The topological polar surface area (TPSA) is 59.2 Å². The molecule has 0 atom stereocenters. The third-order valence-electron chi connectivity index (χ3n) is 2.68. The van der Waals surface area contributed by atoms with Gasteiger partial charge in [0.15, 0.2) is 5.43 Å². The maximum absolute atomic E-state index is 11.8. The first-order chi connectivity index (χ1) is 8.60. The monoisotopic (exact) mass is 245 g/mol. The highest BCUT2D eigenvalue weighted by molar-refractivity contribution is 5.81. The Morgan fingerprint density at radius 1 is 1.33 bits per heavy atom. The number of pyridine rings is 1. The molecule has 0 amide bonds. The molecule has 0 aliphatic heterocycles. The molecule has 2 aromatic rings. The van der Waals surface area contributed by atoms with E-state index < -0.39 is 0 Å². The number of fused-ring (bicyclic) bond motifs is 1. The summed E-state index contributed by atoms with van der Waals surface area (Å²) in [5.74, 6) is -0.277. The molecule has 0 fully saturated rings. The molecule has 0 bridgehead atoms. The van der Waals surface area contributed by atoms with Gasteiger partial charge in [-0.1, -0.05) is 6.07 Å². The van der Waals surface area contributed by atoms with Crippen molar-refractivity contribution in [3.05, 3.63) is 45.7 Å². The molecule has 0 unspecified atom stereocenters. The van der Waals surface area contributed by atoms with Crippen molar-refractivity contribution in [3.8, 4) is 0 Å². The summed E-state index contributed by atoms with van der Waals surface area (Å²) in [5.41, 5.74) is 2.36. The lowest BCUT2D eigenvalue weighted by Crippen LogP contribution is -2.09. The van der Waals surface area contributed by atoms with Crippen molar-refractivity contribution in [3.63, 3.8) is 0 Å². The Morgan fingerprint density at radius 3 is 2.83 bits per heavy atom. The Kier molecular flexibility index (Phi) is 3.46. The first kappa shape index (κ1) is 12.4. The van der Waals surface area contributed by atoms with Crippen molar-refractivity contribution in [2.45, 2.75) is 20.3 Å². The number of H-pyrrole nitrogens is 1. The van der Waals surface area contributed by atoms with Crippen LogP contribution in [0.15, 0.2) is 29.1 Å². The number of rotatable bonds is 3. The highest BCUT2D eigenvalue weighted by atomic mass is 16.5. The van der Waals surface area contributed by atoms with Crippen LogP contribution in [0.5, 0.6) is 0 Å². The molecule has 1 heterocycles. The van der Waals surface area contributed by atoms with Crippen LogP contribution in [0.3, 0.4) is 0 Å². The Hall–Kier alpha value is -2.10. The molecule has 2 rings (SSSR count). The van der Waals surface area contributed by atoms with Crippen LogP contribution in [0.25, 0.3) is 10.9 Å². The number of carbonyl (C=O) groups excluding carboxylic acids is 1. The minimum atomic E-state index is -0.277. The van der Waals surface area contributed by atoms with E-state index >= 15 is 0 Å². The zero-order valence-corrected chi connectivity index (χ0v) is 10.4. The third kappa shape index (κ3) is 2.59. The maximum atomic E-state index is 11.8. The smallest absolute Gasteiger partial charge is 0.310 e. The highest BCUT2D eigenvalue weighted by Crippen LogP contribution is 2.12. The first-order valence-corrected chi connectivity index (χ1v) is 5.88. The van der Waals surface area contributed by atoms with Gasteiger partial charge in [-0.2, -0.15) is 0 Å². The molecule has 1 N–H and O–H groups in total. The number of benzene rings is 1. The predicted octanol–water partition coefficient (Wildman–Crippen LogP) is 1.94. The Bertz CT molecular complexity index is 643. The van der Waals surface area contributed by atoms with Gasteiger partial charge < -0.3 is 9.72 Å². The van der Waals surface area contributed by atoms with Crippen molar-refractivity contribution in [1.29, 1.82) is 0 Å². The fraction of sp³-hybridized carbons (Fsp3) is 0.286. The largest absolute Gasteiger partial charge is 0.466 e. The van der Waals surface area contributed by atoms with Gasteiger partial charge in [0.25, 0.3) is 0 Å². The van der Waals surface area contributed by atoms with Crippen molar-refractivity contribution in [2.75, 3.05) is 6.61 Å². The van der Waals surface area contributed by atoms with Gasteiger partial charge in [0.1, 0.15) is 0 Å². The van der Waals surface area contributed by atoms with Gasteiger partial charge in [-0.25, -0.2) is 0 Å². The number of aromatic amines is 1. The number of hydrogen-bond acceptors (Lipinski definition) is 3. The van der Waals surface area contributed by atoms with Crippen LogP contribution in [-0.4, -0.2) is 17.6 Å². The molecule has 18 heavy (non-hydrogen) atoms. The molecular formula is C14H15NO3. The Balaban J connectivity index is 2.38. The standard InChI is InChI=1S/C14H15NO3/c1-3-18-14(17)8-10-4-5-12-11(7-10)13(16)6-9(2)15-12/h4-7H,3,8H2,1-2H3,(H,15,16). The van der Waals surface area contributed by atoms with Gasteiger partial charge in [-0.15, -0.1) is 0 Å². The fourth-order valence-electron chi connectivity index (χ4n) is 1.92. The number of carbonyl (C=O) groups is 1. The third-order valence-corrected chi connectivity index (χ3v) is 2.68. The zero-order chi connectivity index (χ0) is 13.1. The minimum Gasteiger partial charge on any atom is -0.466 e. The summed E-state index contributed by atoms with van der Waals surface area (Å²) in [4.78, 5) is 26.3. The van der Waals surface area contributed by atoms with E-state index in [2.05, 4.69) is 4.98 Å². The summed E-state index contributed by atoms with van der Waals surface area (Å²) in [6, 6.07) is 6.94. The van der Waals surface area contributed by atoms with E-state index in [1.54, 1.807) is 19.1 Å². The van der Waals surface area contributed by atoms with Crippen molar-refractivity contribution >= 4 is 16.9 Å². The van der Waals surface area contributed by atoms with E-state index in [1.807, 2.05) is 19.1 Å². The average Bonchev–Trinajstić information content (AvgIpc) is 2.30. The van der Waals surface area contributed by atoms with Gasteiger partial charge in [0.2, 0.25) is 0 Å². The van der Waals surface area contributed by atoms with Gasteiger partial charge >= 0.3 is 5.97 Å². The first-order valence-electron chi connectivity index (χ1n) is 5.88. The maximum Gasteiger partial charge on any atom is 0.310 e. The molecule has 1 aromatic carbocycles. The summed E-state index contributed by atoms with van der Waals surface area (Å²) >= 11 is 0. The fourth-order valence-corrected chi connectivity index (χ4v) is 1.92. The van der Waals surface area contributed by atoms with Gasteiger partial charge in [0, 0.05) is 22.7 Å². The molecule has 0 saturated carbocycles. The van der Waals surface area contributed by atoms with Crippen LogP contribution >= 0.6 is 0 Å². The second kappa shape index (κ2) is 5.04. The van der Waals surface area contributed by atoms with Crippen LogP contribution < -0.4 is 5.43 Å². The van der Waals surface area contributed by atoms with Gasteiger partial charge in [0.05, 0.1) is 13.0 Å². The second-order valence-electron chi connectivity index (χ2n) is 4.18.